The summed E-state index contributed by atoms with van der Waals surface area (Å²) in [5, 5.41) is 4.18. The molecule has 0 spiro atoms. The van der Waals surface area contributed by atoms with Gasteiger partial charge >= 0.3 is 0 Å². The second kappa shape index (κ2) is 5.93. The van der Waals surface area contributed by atoms with Crippen LogP contribution in [0.5, 0.6) is 0 Å². The lowest BCUT2D eigenvalue weighted by atomic mass is 9.99. The normalized spacial score (nSPS) is 12.6. The Morgan fingerprint density at radius 2 is 2.21 bits per heavy atom. The van der Waals surface area contributed by atoms with Gasteiger partial charge < -0.3 is 5.73 Å². The highest BCUT2D eigenvalue weighted by molar-refractivity contribution is 5.29. The molecular weight excluding hydrogens is 243 g/mol. The number of aromatic nitrogens is 3. The van der Waals surface area contributed by atoms with Crippen molar-refractivity contribution in [3.63, 3.8) is 0 Å². The van der Waals surface area contributed by atoms with Crippen LogP contribution in [-0.2, 0) is 13.0 Å². The lowest BCUT2D eigenvalue weighted by Gasteiger charge is -2.15. The molecule has 0 aliphatic rings. The summed E-state index contributed by atoms with van der Waals surface area (Å²) in [6.45, 7) is 4.80. The van der Waals surface area contributed by atoms with Crippen molar-refractivity contribution in [3.8, 4) is 0 Å². The maximum Gasteiger partial charge on any atom is 0.138 e. The minimum Gasteiger partial charge on any atom is -0.324 e. The Bertz CT molecular complexity index is 550. The van der Waals surface area contributed by atoms with Crippen molar-refractivity contribution in [2.45, 2.75) is 39.3 Å². The molecule has 0 saturated carbocycles. The summed E-state index contributed by atoms with van der Waals surface area (Å²) in [4.78, 5) is 4.25. The van der Waals surface area contributed by atoms with Crippen LogP contribution in [0.2, 0.25) is 0 Å². The Kier molecular flexibility index (Phi) is 4.27. The predicted octanol–water partition coefficient (Wildman–Crippen LogP) is 2.38. The third-order valence-electron chi connectivity index (χ3n) is 3.16. The highest BCUT2D eigenvalue weighted by atomic mass is 19.1. The Morgan fingerprint density at radius 1 is 1.42 bits per heavy atom. The Hall–Kier alpha value is -1.75. The van der Waals surface area contributed by atoms with E-state index in [1.807, 2.05) is 11.6 Å². The fraction of sp³-hybridized carbons (Fsp3) is 0.429. The van der Waals surface area contributed by atoms with Crippen molar-refractivity contribution in [2.75, 3.05) is 0 Å². The topological polar surface area (TPSA) is 56.7 Å². The Labute approximate surface area is 112 Å². The summed E-state index contributed by atoms with van der Waals surface area (Å²) in [5.74, 6) is 0.640. The molecule has 4 nitrogen and oxygen atoms in total. The van der Waals surface area contributed by atoms with Gasteiger partial charge in [0, 0.05) is 19.0 Å². The summed E-state index contributed by atoms with van der Waals surface area (Å²) in [6, 6.07) is 4.50. The van der Waals surface area contributed by atoms with Crippen LogP contribution in [0.25, 0.3) is 0 Å². The van der Waals surface area contributed by atoms with Crippen molar-refractivity contribution in [2.24, 2.45) is 5.73 Å². The largest absolute Gasteiger partial charge is 0.324 e. The van der Waals surface area contributed by atoms with E-state index in [9.17, 15) is 4.39 Å². The second-order valence-corrected chi connectivity index (χ2v) is 4.71. The predicted molar refractivity (Wildman–Crippen MR) is 72.1 cm³/mol. The number of nitrogens with zero attached hydrogens (tertiary/aromatic N) is 3. The van der Waals surface area contributed by atoms with Gasteiger partial charge in [0.1, 0.15) is 18.0 Å². The molecule has 1 aromatic heterocycles. The van der Waals surface area contributed by atoms with Crippen molar-refractivity contribution in [1.82, 2.24) is 14.8 Å². The van der Waals surface area contributed by atoms with E-state index < -0.39 is 0 Å². The third-order valence-corrected chi connectivity index (χ3v) is 3.16. The van der Waals surface area contributed by atoms with Crippen molar-refractivity contribution >= 4 is 0 Å². The summed E-state index contributed by atoms with van der Waals surface area (Å²) < 4.78 is 15.0. The van der Waals surface area contributed by atoms with Gasteiger partial charge in [-0.05, 0) is 36.6 Å². The molecule has 0 fully saturated rings. The van der Waals surface area contributed by atoms with Crippen LogP contribution < -0.4 is 5.73 Å². The number of nitrogens with two attached hydrogens (primary N) is 1. The number of benzene rings is 1. The van der Waals surface area contributed by atoms with E-state index in [4.69, 9.17) is 5.73 Å². The van der Waals surface area contributed by atoms with Gasteiger partial charge in [-0.25, -0.2) is 9.37 Å². The molecular formula is C14H19FN4. The second-order valence-electron chi connectivity index (χ2n) is 4.71. The van der Waals surface area contributed by atoms with Crippen molar-refractivity contribution in [1.29, 1.82) is 0 Å². The van der Waals surface area contributed by atoms with E-state index in [0.717, 1.165) is 29.9 Å². The van der Waals surface area contributed by atoms with Crippen LogP contribution in [0.4, 0.5) is 4.39 Å². The molecule has 1 heterocycles. The monoisotopic (exact) mass is 262 g/mol. The first-order valence-electron chi connectivity index (χ1n) is 6.50. The average Bonchev–Trinajstić information content (AvgIpc) is 2.77. The van der Waals surface area contributed by atoms with Crippen LogP contribution >= 0.6 is 0 Å². The third kappa shape index (κ3) is 3.17. The highest BCUT2D eigenvalue weighted by Crippen LogP contribution is 2.19. The van der Waals surface area contributed by atoms with Gasteiger partial charge in [-0.3, -0.25) is 4.68 Å². The first-order chi connectivity index (χ1) is 9.11. The Balaban J connectivity index is 2.16. The molecule has 1 atom stereocenters. The van der Waals surface area contributed by atoms with Crippen LogP contribution in [0.1, 0.15) is 36.3 Å². The van der Waals surface area contributed by atoms with Gasteiger partial charge in [0.25, 0.3) is 0 Å². The molecule has 0 bridgehead atoms. The number of rotatable bonds is 5. The Morgan fingerprint density at radius 3 is 2.89 bits per heavy atom. The molecule has 2 N–H and O–H groups in total. The molecule has 102 valence electrons. The van der Waals surface area contributed by atoms with Crippen molar-refractivity contribution < 1.29 is 4.39 Å². The van der Waals surface area contributed by atoms with Gasteiger partial charge in [-0.1, -0.05) is 13.0 Å². The zero-order valence-electron chi connectivity index (χ0n) is 11.3. The summed E-state index contributed by atoms with van der Waals surface area (Å²) >= 11 is 0. The molecule has 1 aromatic carbocycles. The van der Waals surface area contributed by atoms with Crippen LogP contribution in [-0.4, -0.2) is 14.8 Å². The van der Waals surface area contributed by atoms with Crippen LogP contribution in [0, 0.1) is 12.7 Å². The average molecular weight is 262 g/mol. The lowest BCUT2D eigenvalue weighted by Crippen LogP contribution is -2.18. The van der Waals surface area contributed by atoms with E-state index in [0.29, 0.717) is 6.42 Å². The highest BCUT2D eigenvalue weighted by Gasteiger charge is 2.14. The van der Waals surface area contributed by atoms with Gasteiger partial charge in [-0.15, -0.1) is 0 Å². The van der Waals surface area contributed by atoms with Crippen LogP contribution in [0.15, 0.2) is 24.5 Å². The van der Waals surface area contributed by atoms with Gasteiger partial charge in [0.05, 0.1) is 0 Å². The first kappa shape index (κ1) is 13.7. The summed E-state index contributed by atoms with van der Waals surface area (Å²) in [6.07, 6.45) is 3.16. The zero-order chi connectivity index (χ0) is 13.8. The maximum atomic E-state index is 13.1. The summed E-state index contributed by atoms with van der Waals surface area (Å²) in [5.41, 5.74) is 8.02. The molecule has 0 amide bonds. The molecule has 0 radical (unpaired) electrons. The first-order valence-corrected chi connectivity index (χ1v) is 6.50. The van der Waals surface area contributed by atoms with E-state index in [-0.39, 0.29) is 11.9 Å². The minimum atomic E-state index is -0.234. The SMILES string of the molecule is CCCn1ncnc1CC(N)c1ccc(F)cc1C. The summed E-state index contributed by atoms with van der Waals surface area (Å²) in [7, 11) is 0. The molecule has 0 aliphatic heterocycles. The number of hydrogen-bond donors (Lipinski definition) is 1. The molecule has 0 saturated heterocycles. The smallest absolute Gasteiger partial charge is 0.138 e. The molecule has 19 heavy (non-hydrogen) atoms. The standard InChI is InChI=1S/C14H19FN4/c1-3-6-19-14(17-9-18-19)8-13(16)12-5-4-11(15)7-10(12)2/h4-5,7,9,13H,3,6,8,16H2,1-2H3. The van der Waals surface area contributed by atoms with E-state index in [2.05, 4.69) is 17.0 Å². The number of hydrogen-bond acceptors (Lipinski definition) is 3. The fourth-order valence-electron chi connectivity index (χ4n) is 2.21. The van der Waals surface area contributed by atoms with Gasteiger partial charge in [-0.2, -0.15) is 5.10 Å². The molecule has 1 unspecified atom stereocenters. The van der Waals surface area contributed by atoms with E-state index in [1.54, 1.807) is 12.4 Å². The minimum absolute atomic E-state index is 0.194. The number of halogens is 1. The van der Waals surface area contributed by atoms with Crippen LogP contribution in [0.3, 0.4) is 0 Å². The zero-order valence-corrected chi connectivity index (χ0v) is 11.3. The number of aryl methyl sites for hydroxylation is 2. The van der Waals surface area contributed by atoms with E-state index in [1.165, 1.54) is 12.1 Å². The quantitative estimate of drug-likeness (QED) is 0.900. The molecule has 5 heteroatoms. The molecule has 0 aliphatic carbocycles. The molecule has 2 rings (SSSR count). The van der Waals surface area contributed by atoms with Gasteiger partial charge in [0.2, 0.25) is 0 Å². The van der Waals surface area contributed by atoms with Gasteiger partial charge in [0.15, 0.2) is 0 Å². The fourth-order valence-corrected chi connectivity index (χ4v) is 2.21. The van der Waals surface area contributed by atoms with E-state index >= 15 is 0 Å². The molecule has 2 aromatic rings. The van der Waals surface area contributed by atoms with Crippen molar-refractivity contribution in [3.05, 3.63) is 47.3 Å². The maximum absolute atomic E-state index is 13.1. The lowest BCUT2D eigenvalue weighted by molar-refractivity contribution is 0.547.